The number of fused-ring (bicyclic) bond motifs is 1. The molecule has 0 radical (unpaired) electrons. The minimum absolute atomic E-state index is 0.852. The smallest absolute Gasteiger partial charge is 0.0162 e. The van der Waals surface area contributed by atoms with Crippen LogP contribution in [0.15, 0.2) is 18.2 Å². The predicted octanol–water partition coefficient (Wildman–Crippen LogP) is 8.23. The fourth-order valence-electron chi connectivity index (χ4n) is 5.58. The summed E-state index contributed by atoms with van der Waals surface area (Å²) < 4.78 is 0. The summed E-state index contributed by atoms with van der Waals surface area (Å²) in [6.07, 6.45) is 21.4. The molecule has 0 N–H and O–H groups in total. The summed E-state index contributed by atoms with van der Waals surface area (Å²) in [5, 5.41) is 0. The Morgan fingerprint density at radius 2 is 1.54 bits per heavy atom. The molecule has 0 amide bonds. The molecule has 0 aliphatic heterocycles. The molecule has 1 aromatic carbocycles. The minimum Gasteiger partial charge on any atom is -0.0654 e. The number of hydrogen-bond acceptors (Lipinski definition) is 0. The highest BCUT2D eigenvalue weighted by Gasteiger charge is 2.24. The number of benzene rings is 1. The minimum atomic E-state index is 0.852. The maximum Gasteiger partial charge on any atom is -0.0162 e. The van der Waals surface area contributed by atoms with Gasteiger partial charge in [-0.2, -0.15) is 0 Å². The first-order chi connectivity index (χ1) is 12.8. The van der Waals surface area contributed by atoms with Crippen LogP contribution in [0, 0.1) is 11.8 Å². The summed E-state index contributed by atoms with van der Waals surface area (Å²) >= 11 is 0. The molecule has 0 heteroatoms. The molecule has 0 heterocycles. The quantitative estimate of drug-likeness (QED) is 0.392. The third-order valence-electron chi connectivity index (χ3n) is 7.29. The van der Waals surface area contributed by atoms with Crippen LogP contribution >= 0.6 is 0 Å². The van der Waals surface area contributed by atoms with Crippen molar-refractivity contribution in [3.63, 3.8) is 0 Å². The monoisotopic (exact) mass is 354 g/mol. The average Bonchev–Trinajstić information content (AvgIpc) is 2.68. The number of hydrogen-bond donors (Lipinski definition) is 0. The van der Waals surface area contributed by atoms with Crippen molar-refractivity contribution in [1.82, 2.24) is 0 Å². The van der Waals surface area contributed by atoms with E-state index in [-0.39, 0.29) is 0 Å². The van der Waals surface area contributed by atoms with Crippen LogP contribution in [0.2, 0.25) is 0 Å². The van der Waals surface area contributed by atoms with E-state index in [0.29, 0.717) is 0 Å². The fraction of sp³-hybridized carbons (Fsp3) is 0.769. The molecule has 26 heavy (non-hydrogen) atoms. The van der Waals surface area contributed by atoms with Crippen LogP contribution < -0.4 is 0 Å². The first-order valence-corrected chi connectivity index (χ1v) is 11.9. The Morgan fingerprint density at radius 1 is 0.731 bits per heavy atom. The summed E-state index contributed by atoms with van der Waals surface area (Å²) in [6.45, 7) is 4.64. The van der Waals surface area contributed by atoms with Gasteiger partial charge in [-0.3, -0.25) is 0 Å². The molecule has 1 fully saturated rings. The Bertz CT molecular complexity index is 521. The van der Waals surface area contributed by atoms with E-state index in [2.05, 4.69) is 32.0 Å². The number of aryl methyl sites for hydroxylation is 1. The van der Waals surface area contributed by atoms with Gasteiger partial charge in [-0.05, 0) is 79.4 Å². The summed E-state index contributed by atoms with van der Waals surface area (Å²) in [5.74, 6) is 2.83. The lowest BCUT2D eigenvalue weighted by molar-refractivity contribution is 0.301. The highest BCUT2D eigenvalue weighted by molar-refractivity contribution is 5.36. The highest BCUT2D eigenvalue weighted by Crippen LogP contribution is 2.39. The second kappa shape index (κ2) is 10.5. The van der Waals surface area contributed by atoms with Crippen molar-refractivity contribution < 1.29 is 0 Å². The van der Waals surface area contributed by atoms with Crippen molar-refractivity contribution in [2.45, 2.75) is 116 Å². The third kappa shape index (κ3) is 5.61. The Hall–Kier alpha value is -0.780. The summed E-state index contributed by atoms with van der Waals surface area (Å²) in [4.78, 5) is 0. The maximum absolute atomic E-state index is 2.60. The van der Waals surface area contributed by atoms with Gasteiger partial charge in [0, 0.05) is 0 Å². The van der Waals surface area contributed by atoms with Gasteiger partial charge in [-0.1, -0.05) is 83.4 Å². The summed E-state index contributed by atoms with van der Waals surface area (Å²) in [7, 11) is 0. The van der Waals surface area contributed by atoms with Gasteiger partial charge < -0.3 is 0 Å². The molecular weight excluding hydrogens is 312 g/mol. The third-order valence-corrected chi connectivity index (χ3v) is 7.29. The zero-order valence-corrected chi connectivity index (χ0v) is 17.6. The average molecular weight is 355 g/mol. The topological polar surface area (TPSA) is 0 Å². The van der Waals surface area contributed by atoms with Gasteiger partial charge >= 0.3 is 0 Å². The molecule has 3 rings (SSSR count). The van der Waals surface area contributed by atoms with Crippen molar-refractivity contribution in [1.29, 1.82) is 0 Å². The molecule has 0 nitrogen and oxygen atoms in total. The Labute approximate surface area is 163 Å². The van der Waals surface area contributed by atoms with Crippen LogP contribution in [0.4, 0.5) is 0 Å². The first-order valence-electron chi connectivity index (χ1n) is 11.9. The SMILES string of the molecule is CCCCCCCC1CCC(c2ccc3c(c2)CCC(CCC)C3)CC1. The van der Waals surface area contributed by atoms with Crippen LogP contribution in [-0.4, -0.2) is 0 Å². The van der Waals surface area contributed by atoms with Crippen molar-refractivity contribution >= 4 is 0 Å². The maximum atomic E-state index is 2.60. The van der Waals surface area contributed by atoms with Gasteiger partial charge in [0.1, 0.15) is 0 Å². The van der Waals surface area contributed by atoms with E-state index in [0.717, 1.165) is 17.8 Å². The highest BCUT2D eigenvalue weighted by atomic mass is 14.3. The van der Waals surface area contributed by atoms with E-state index in [1.54, 1.807) is 16.7 Å². The van der Waals surface area contributed by atoms with Gasteiger partial charge in [-0.15, -0.1) is 0 Å². The van der Waals surface area contributed by atoms with E-state index in [9.17, 15) is 0 Å². The summed E-state index contributed by atoms with van der Waals surface area (Å²) in [6, 6.07) is 7.59. The van der Waals surface area contributed by atoms with E-state index >= 15 is 0 Å². The van der Waals surface area contributed by atoms with Crippen molar-refractivity contribution in [2.75, 3.05) is 0 Å². The van der Waals surface area contributed by atoms with Crippen molar-refractivity contribution in [3.8, 4) is 0 Å². The lowest BCUT2D eigenvalue weighted by Crippen LogP contribution is -2.16. The zero-order chi connectivity index (χ0) is 18.2. The molecule has 1 saturated carbocycles. The molecule has 146 valence electrons. The van der Waals surface area contributed by atoms with Gasteiger partial charge in [0.25, 0.3) is 0 Å². The molecule has 1 unspecified atom stereocenters. The molecule has 2 aliphatic rings. The second-order valence-electron chi connectivity index (χ2n) is 9.35. The van der Waals surface area contributed by atoms with Crippen molar-refractivity contribution in [3.05, 3.63) is 34.9 Å². The normalized spacial score (nSPS) is 25.8. The summed E-state index contributed by atoms with van der Waals surface area (Å²) in [5.41, 5.74) is 5.02. The predicted molar refractivity (Wildman–Crippen MR) is 115 cm³/mol. The first kappa shape index (κ1) is 20.0. The van der Waals surface area contributed by atoms with E-state index in [1.165, 1.54) is 96.3 Å². The lowest BCUT2D eigenvalue weighted by atomic mass is 9.75. The lowest BCUT2D eigenvalue weighted by Gasteiger charge is -2.30. The number of rotatable bonds is 9. The Balaban J connectivity index is 1.45. The molecule has 0 spiro atoms. The molecule has 0 saturated heterocycles. The van der Waals surface area contributed by atoms with Gasteiger partial charge in [0.2, 0.25) is 0 Å². The molecule has 1 aromatic rings. The Kier molecular flexibility index (Phi) is 8.08. The molecular formula is C26H42. The van der Waals surface area contributed by atoms with Crippen molar-refractivity contribution in [2.24, 2.45) is 11.8 Å². The van der Waals surface area contributed by atoms with Crippen LogP contribution in [0.1, 0.15) is 120 Å². The van der Waals surface area contributed by atoms with Gasteiger partial charge in [0.05, 0.1) is 0 Å². The van der Waals surface area contributed by atoms with Crippen LogP contribution in [0.5, 0.6) is 0 Å². The zero-order valence-electron chi connectivity index (χ0n) is 17.6. The standard InChI is InChI=1S/C26H42/c1-3-5-6-7-8-10-21-11-14-23(15-12-21)25-18-17-24-19-22(9-4-2)13-16-26(24)20-25/h17-18,20-23H,3-16,19H2,1-2H3. The Morgan fingerprint density at radius 3 is 2.31 bits per heavy atom. The van der Waals surface area contributed by atoms with Crippen LogP contribution in [-0.2, 0) is 12.8 Å². The molecule has 2 aliphatic carbocycles. The van der Waals surface area contributed by atoms with Crippen LogP contribution in [0.25, 0.3) is 0 Å². The molecule has 1 atom stereocenters. The second-order valence-corrected chi connectivity index (χ2v) is 9.35. The largest absolute Gasteiger partial charge is 0.0654 e. The fourth-order valence-corrected chi connectivity index (χ4v) is 5.58. The van der Waals surface area contributed by atoms with Gasteiger partial charge in [0.15, 0.2) is 0 Å². The van der Waals surface area contributed by atoms with E-state index in [4.69, 9.17) is 0 Å². The molecule has 0 bridgehead atoms. The van der Waals surface area contributed by atoms with E-state index in [1.807, 2.05) is 0 Å². The molecule has 0 aromatic heterocycles. The van der Waals surface area contributed by atoms with Gasteiger partial charge in [-0.25, -0.2) is 0 Å². The number of unbranched alkanes of at least 4 members (excludes halogenated alkanes) is 4. The van der Waals surface area contributed by atoms with E-state index < -0.39 is 0 Å². The van der Waals surface area contributed by atoms with Crippen LogP contribution in [0.3, 0.4) is 0 Å².